The molecular formula is C20H23FN4. The maximum atomic E-state index is 14.5. The summed E-state index contributed by atoms with van der Waals surface area (Å²) in [4.78, 5) is 0. The SMILES string of the molecule is C=Cc1c(/C=N\N)cc(-c2c(C)cccc2F)cc1NC1CCNC1. The second kappa shape index (κ2) is 7.49. The van der Waals surface area contributed by atoms with E-state index >= 15 is 0 Å². The number of rotatable bonds is 5. The van der Waals surface area contributed by atoms with Crippen LogP contribution in [0.4, 0.5) is 10.1 Å². The summed E-state index contributed by atoms with van der Waals surface area (Å²) in [5.74, 6) is 5.14. The first-order valence-electron chi connectivity index (χ1n) is 8.40. The third-order valence-electron chi connectivity index (χ3n) is 4.56. The van der Waals surface area contributed by atoms with Crippen LogP contribution in [-0.4, -0.2) is 25.3 Å². The van der Waals surface area contributed by atoms with Crippen LogP contribution in [0.15, 0.2) is 42.0 Å². The number of hydrogen-bond donors (Lipinski definition) is 3. The molecule has 1 fully saturated rings. The van der Waals surface area contributed by atoms with Crippen LogP contribution in [0.5, 0.6) is 0 Å². The smallest absolute Gasteiger partial charge is 0.131 e. The largest absolute Gasteiger partial charge is 0.380 e. The minimum absolute atomic E-state index is 0.240. The van der Waals surface area contributed by atoms with Gasteiger partial charge in [0.25, 0.3) is 0 Å². The van der Waals surface area contributed by atoms with E-state index in [4.69, 9.17) is 5.84 Å². The molecule has 2 aromatic rings. The van der Waals surface area contributed by atoms with Crippen molar-refractivity contribution in [1.82, 2.24) is 5.32 Å². The number of nitrogens with zero attached hydrogens (tertiary/aromatic N) is 1. The number of hydrogen-bond acceptors (Lipinski definition) is 4. The first kappa shape index (κ1) is 17.2. The van der Waals surface area contributed by atoms with Gasteiger partial charge in [-0.1, -0.05) is 24.8 Å². The summed E-state index contributed by atoms with van der Waals surface area (Å²) in [6.07, 6.45) is 4.40. The lowest BCUT2D eigenvalue weighted by Gasteiger charge is -2.19. The monoisotopic (exact) mass is 338 g/mol. The average molecular weight is 338 g/mol. The molecule has 5 heteroatoms. The highest BCUT2D eigenvalue weighted by atomic mass is 19.1. The zero-order chi connectivity index (χ0) is 17.8. The van der Waals surface area contributed by atoms with Gasteiger partial charge in [0.05, 0.1) is 6.21 Å². The predicted octanol–water partition coefficient (Wildman–Crippen LogP) is 3.51. The molecule has 2 aromatic carbocycles. The standard InChI is InChI=1S/C20H23FN4/c1-3-17-15(11-24-22)9-14(20-13(2)5-4-6-18(20)21)10-19(17)25-16-7-8-23-12-16/h3-6,9-11,16,23,25H,1,7-8,12,22H2,2H3/b24-11-. The number of aryl methyl sites for hydroxylation is 1. The summed E-state index contributed by atoms with van der Waals surface area (Å²) in [6.45, 7) is 7.71. The number of anilines is 1. The highest BCUT2D eigenvalue weighted by Crippen LogP contribution is 2.33. The van der Waals surface area contributed by atoms with E-state index in [9.17, 15) is 4.39 Å². The van der Waals surface area contributed by atoms with Gasteiger partial charge < -0.3 is 16.5 Å². The zero-order valence-electron chi connectivity index (χ0n) is 14.3. The Morgan fingerprint density at radius 2 is 2.24 bits per heavy atom. The molecule has 130 valence electrons. The Kier molecular flexibility index (Phi) is 5.14. The zero-order valence-corrected chi connectivity index (χ0v) is 14.3. The Balaban J connectivity index is 2.15. The number of hydrazone groups is 1. The fourth-order valence-corrected chi connectivity index (χ4v) is 3.35. The first-order valence-corrected chi connectivity index (χ1v) is 8.40. The third kappa shape index (κ3) is 3.56. The molecule has 0 aromatic heterocycles. The second-order valence-electron chi connectivity index (χ2n) is 6.27. The molecule has 4 nitrogen and oxygen atoms in total. The van der Waals surface area contributed by atoms with Gasteiger partial charge in [0.1, 0.15) is 5.82 Å². The van der Waals surface area contributed by atoms with Gasteiger partial charge in [-0.3, -0.25) is 0 Å². The van der Waals surface area contributed by atoms with Crippen molar-refractivity contribution in [3.63, 3.8) is 0 Å². The summed E-state index contributed by atoms with van der Waals surface area (Å²) in [5, 5.41) is 10.5. The quantitative estimate of drug-likeness (QED) is 0.444. The summed E-state index contributed by atoms with van der Waals surface area (Å²) in [5.41, 5.74) is 4.92. The first-order chi connectivity index (χ1) is 12.1. The molecule has 25 heavy (non-hydrogen) atoms. The van der Waals surface area contributed by atoms with E-state index in [-0.39, 0.29) is 5.82 Å². The van der Waals surface area contributed by atoms with Gasteiger partial charge in [-0.15, -0.1) is 0 Å². The van der Waals surface area contributed by atoms with Crippen LogP contribution in [-0.2, 0) is 0 Å². The van der Waals surface area contributed by atoms with Gasteiger partial charge in [0.2, 0.25) is 0 Å². The van der Waals surface area contributed by atoms with Gasteiger partial charge in [0.15, 0.2) is 0 Å². The summed E-state index contributed by atoms with van der Waals surface area (Å²) >= 11 is 0. The molecule has 4 N–H and O–H groups in total. The van der Waals surface area contributed by atoms with E-state index in [0.717, 1.165) is 47.5 Å². The van der Waals surface area contributed by atoms with Crippen molar-refractivity contribution in [1.29, 1.82) is 0 Å². The summed E-state index contributed by atoms with van der Waals surface area (Å²) < 4.78 is 14.5. The number of nitrogens with one attached hydrogen (secondary N) is 2. The van der Waals surface area contributed by atoms with Crippen molar-refractivity contribution >= 4 is 18.0 Å². The molecule has 0 saturated carbocycles. The summed E-state index contributed by atoms with van der Waals surface area (Å²) in [6, 6.07) is 9.32. The predicted molar refractivity (Wildman–Crippen MR) is 103 cm³/mol. The molecule has 1 heterocycles. The van der Waals surface area contributed by atoms with Crippen molar-refractivity contribution in [2.75, 3.05) is 18.4 Å². The maximum Gasteiger partial charge on any atom is 0.131 e. The minimum atomic E-state index is -0.240. The molecule has 1 saturated heterocycles. The molecule has 1 unspecified atom stereocenters. The Bertz CT molecular complexity index is 787. The Labute approximate surface area is 147 Å². The highest BCUT2D eigenvalue weighted by Gasteiger charge is 2.18. The van der Waals surface area contributed by atoms with Gasteiger partial charge in [0, 0.05) is 35.0 Å². The van der Waals surface area contributed by atoms with E-state index in [1.54, 1.807) is 18.4 Å². The lowest BCUT2D eigenvalue weighted by atomic mass is 9.94. The molecule has 0 aliphatic carbocycles. The van der Waals surface area contributed by atoms with Crippen LogP contribution in [0.25, 0.3) is 17.2 Å². The topological polar surface area (TPSA) is 62.4 Å². The normalized spacial score (nSPS) is 17.1. The van der Waals surface area contributed by atoms with E-state index in [1.807, 2.05) is 25.1 Å². The molecule has 0 amide bonds. The molecule has 0 bridgehead atoms. The lowest BCUT2D eigenvalue weighted by molar-refractivity contribution is 0.630. The van der Waals surface area contributed by atoms with E-state index < -0.39 is 0 Å². The van der Waals surface area contributed by atoms with Crippen LogP contribution in [0.1, 0.15) is 23.1 Å². The summed E-state index contributed by atoms with van der Waals surface area (Å²) in [7, 11) is 0. The van der Waals surface area contributed by atoms with Gasteiger partial charge >= 0.3 is 0 Å². The minimum Gasteiger partial charge on any atom is -0.380 e. The number of nitrogens with two attached hydrogens (primary N) is 1. The Hall–Kier alpha value is -2.66. The molecule has 0 spiro atoms. The van der Waals surface area contributed by atoms with Gasteiger partial charge in [-0.2, -0.15) is 5.10 Å². The molecule has 1 aliphatic heterocycles. The van der Waals surface area contributed by atoms with E-state index in [0.29, 0.717) is 11.6 Å². The molecular weight excluding hydrogens is 315 g/mol. The van der Waals surface area contributed by atoms with Gasteiger partial charge in [-0.25, -0.2) is 4.39 Å². The highest BCUT2D eigenvalue weighted by molar-refractivity contribution is 5.92. The van der Waals surface area contributed by atoms with Crippen LogP contribution in [0, 0.1) is 12.7 Å². The second-order valence-corrected chi connectivity index (χ2v) is 6.27. The van der Waals surface area contributed by atoms with Crippen molar-refractivity contribution in [2.45, 2.75) is 19.4 Å². The number of benzene rings is 2. The van der Waals surface area contributed by atoms with Crippen molar-refractivity contribution in [3.8, 4) is 11.1 Å². The van der Waals surface area contributed by atoms with Crippen molar-refractivity contribution < 1.29 is 4.39 Å². The van der Waals surface area contributed by atoms with Crippen LogP contribution < -0.4 is 16.5 Å². The van der Waals surface area contributed by atoms with Crippen LogP contribution in [0.3, 0.4) is 0 Å². The maximum absolute atomic E-state index is 14.5. The fraction of sp³-hybridized carbons (Fsp3) is 0.250. The van der Waals surface area contributed by atoms with Crippen LogP contribution in [0.2, 0.25) is 0 Å². The molecule has 1 aliphatic rings. The Morgan fingerprint density at radius 3 is 2.88 bits per heavy atom. The Morgan fingerprint density at radius 1 is 1.40 bits per heavy atom. The number of halogens is 1. The van der Waals surface area contributed by atoms with E-state index in [2.05, 4.69) is 22.3 Å². The molecule has 3 rings (SSSR count). The van der Waals surface area contributed by atoms with Crippen LogP contribution >= 0.6 is 0 Å². The van der Waals surface area contributed by atoms with E-state index in [1.165, 1.54) is 6.07 Å². The van der Waals surface area contributed by atoms with Crippen molar-refractivity contribution in [3.05, 3.63) is 59.4 Å². The third-order valence-corrected chi connectivity index (χ3v) is 4.56. The average Bonchev–Trinajstić information content (AvgIpc) is 3.08. The molecule has 0 radical (unpaired) electrons. The lowest BCUT2D eigenvalue weighted by Crippen LogP contribution is -2.22. The van der Waals surface area contributed by atoms with Gasteiger partial charge in [-0.05, 0) is 49.2 Å². The molecule has 1 atom stereocenters. The van der Waals surface area contributed by atoms with Crippen molar-refractivity contribution in [2.24, 2.45) is 10.9 Å². The fourth-order valence-electron chi connectivity index (χ4n) is 3.35.